The number of pyridine rings is 1. The van der Waals surface area contributed by atoms with Gasteiger partial charge in [0.25, 0.3) is 5.91 Å². The highest BCUT2D eigenvalue weighted by atomic mass is 35.5. The fourth-order valence-electron chi connectivity index (χ4n) is 2.78. The third-order valence-electron chi connectivity index (χ3n) is 4.20. The van der Waals surface area contributed by atoms with Crippen LogP contribution in [0.1, 0.15) is 15.9 Å². The number of hydrogen-bond acceptors (Lipinski definition) is 6. The molecule has 1 aromatic heterocycles. The maximum atomic E-state index is 13.3. The summed E-state index contributed by atoms with van der Waals surface area (Å²) in [6, 6.07) is 10.2. The Balaban J connectivity index is 1.90. The molecule has 1 N–H and O–H groups in total. The maximum absolute atomic E-state index is 13.3. The van der Waals surface area contributed by atoms with Gasteiger partial charge < -0.3 is 9.47 Å². The number of aromatic nitrogens is 1. The molecule has 0 radical (unpaired) electrons. The van der Waals surface area contributed by atoms with E-state index < -0.39 is 15.9 Å². The molecule has 0 aliphatic heterocycles. The molecule has 0 saturated carbocycles. The third kappa shape index (κ3) is 5.50. The van der Waals surface area contributed by atoms with E-state index in [-0.39, 0.29) is 22.3 Å². The molecule has 162 valence electrons. The fraction of sp³-hybridized carbons (Fsp3) is 0.143. The number of nitrogens with one attached hydrogen (secondary N) is 1. The Kier molecular flexibility index (Phi) is 6.47. The molecular weight excluding hydrogens is 447 g/mol. The Morgan fingerprint density at radius 3 is 2.48 bits per heavy atom. The van der Waals surface area contributed by atoms with Crippen molar-refractivity contribution < 1.29 is 27.1 Å². The average molecular weight is 465 g/mol. The van der Waals surface area contributed by atoms with Crippen molar-refractivity contribution in [3.63, 3.8) is 0 Å². The van der Waals surface area contributed by atoms with Crippen LogP contribution in [0, 0.1) is 12.7 Å². The van der Waals surface area contributed by atoms with Crippen molar-refractivity contribution in [1.82, 2.24) is 9.71 Å². The molecule has 1 heterocycles. The van der Waals surface area contributed by atoms with Crippen molar-refractivity contribution in [2.75, 3.05) is 13.4 Å². The third-order valence-corrected chi connectivity index (χ3v) is 5.03. The maximum Gasteiger partial charge on any atom is 0.264 e. The minimum Gasteiger partial charge on any atom is -0.496 e. The Bertz CT molecular complexity index is 1260. The zero-order chi connectivity index (χ0) is 22.8. The highest BCUT2D eigenvalue weighted by molar-refractivity contribution is 7.89. The van der Waals surface area contributed by atoms with E-state index in [1.54, 1.807) is 19.1 Å². The molecular formula is C21H18ClFN2O5S. The summed E-state index contributed by atoms with van der Waals surface area (Å²) in [6.45, 7) is 1.70. The first-order chi connectivity index (χ1) is 14.6. The van der Waals surface area contributed by atoms with E-state index in [9.17, 15) is 17.6 Å². The molecule has 0 unspecified atom stereocenters. The van der Waals surface area contributed by atoms with E-state index in [4.69, 9.17) is 21.1 Å². The summed E-state index contributed by atoms with van der Waals surface area (Å²) in [5, 5.41) is 0.210. The monoisotopic (exact) mass is 464 g/mol. The van der Waals surface area contributed by atoms with Crippen LogP contribution >= 0.6 is 11.6 Å². The van der Waals surface area contributed by atoms with Crippen LogP contribution in [0.5, 0.6) is 17.4 Å². The van der Waals surface area contributed by atoms with Gasteiger partial charge in [0.2, 0.25) is 15.9 Å². The summed E-state index contributed by atoms with van der Waals surface area (Å²) in [6.07, 6.45) is 2.40. The zero-order valence-electron chi connectivity index (χ0n) is 16.8. The molecule has 7 nitrogen and oxygen atoms in total. The van der Waals surface area contributed by atoms with Gasteiger partial charge in [-0.1, -0.05) is 11.6 Å². The molecule has 3 rings (SSSR count). The summed E-state index contributed by atoms with van der Waals surface area (Å²) in [5.41, 5.74) is 1.86. The number of carbonyl (C=O) groups is 1. The molecule has 2 aromatic carbocycles. The van der Waals surface area contributed by atoms with Gasteiger partial charge in [0.1, 0.15) is 22.3 Å². The van der Waals surface area contributed by atoms with Crippen molar-refractivity contribution in [2.24, 2.45) is 0 Å². The Labute approximate surface area is 183 Å². The highest BCUT2D eigenvalue weighted by Crippen LogP contribution is 2.36. The summed E-state index contributed by atoms with van der Waals surface area (Å²) < 4.78 is 48.8. The van der Waals surface area contributed by atoms with E-state index in [2.05, 4.69) is 4.98 Å². The SMILES string of the molecule is COc1cc(C(=O)NS(C)(=O)=O)ccc1-c1cnc(Oc2ccc(F)cc2C)c(Cl)c1. The normalized spacial score (nSPS) is 11.1. The van der Waals surface area contributed by atoms with Gasteiger partial charge in [0, 0.05) is 22.9 Å². The second-order valence-electron chi connectivity index (χ2n) is 6.64. The standard InChI is InChI=1S/C21H18ClFN2O5S/c1-12-8-15(23)5-7-18(12)30-21-17(22)9-14(11-24-21)16-6-4-13(10-19(16)29-2)20(26)25-31(3,27)28/h4-11H,1-3H3,(H,25,26). The van der Waals surface area contributed by atoms with Gasteiger partial charge in [-0.3, -0.25) is 4.79 Å². The van der Waals surface area contributed by atoms with Gasteiger partial charge in [0.05, 0.1) is 13.4 Å². The number of amides is 1. The number of ether oxygens (including phenoxy) is 2. The second kappa shape index (κ2) is 8.91. The summed E-state index contributed by atoms with van der Waals surface area (Å²) >= 11 is 6.33. The van der Waals surface area contributed by atoms with Gasteiger partial charge in [-0.15, -0.1) is 0 Å². The minimum atomic E-state index is -3.70. The predicted molar refractivity (Wildman–Crippen MR) is 115 cm³/mol. The van der Waals surface area contributed by atoms with Crippen LogP contribution in [0.2, 0.25) is 5.02 Å². The van der Waals surface area contributed by atoms with Crippen molar-refractivity contribution >= 4 is 27.5 Å². The van der Waals surface area contributed by atoms with Crippen LogP contribution in [-0.4, -0.2) is 32.7 Å². The van der Waals surface area contributed by atoms with Crippen molar-refractivity contribution in [2.45, 2.75) is 6.92 Å². The van der Waals surface area contributed by atoms with E-state index in [1.165, 1.54) is 43.6 Å². The summed E-state index contributed by atoms with van der Waals surface area (Å²) in [4.78, 5) is 16.3. The smallest absolute Gasteiger partial charge is 0.264 e. The fourth-order valence-corrected chi connectivity index (χ4v) is 3.44. The van der Waals surface area contributed by atoms with Crippen LogP contribution in [0.4, 0.5) is 4.39 Å². The highest BCUT2D eigenvalue weighted by Gasteiger charge is 2.16. The molecule has 10 heteroatoms. The average Bonchev–Trinajstić information content (AvgIpc) is 2.69. The summed E-state index contributed by atoms with van der Waals surface area (Å²) in [5.74, 6) is -0.269. The number of methoxy groups -OCH3 is 1. The molecule has 3 aromatic rings. The molecule has 0 aliphatic rings. The zero-order valence-corrected chi connectivity index (χ0v) is 18.3. The number of nitrogens with zero attached hydrogens (tertiary/aromatic N) is 1. The van der Waals surface area contributed by atoms with Crippen LogP contribution < -0.4 is 14.2 Å². The molecule has 0 aliphatic carbocycles. The topological polar surface area (TPSA) is 94.6 Å². The van der Waals surface area contributed by atoms with Crippen LogP contribution in [0.25, 0.3) is 11.1 Å². The largest absolute Gasteiger partial charge is 0.496 e. The van der Waals surface area contributed by atoms with Gasteiger partial charge in [-0.25, -0.2) is 22.5 Å². The van der Waals surface area contributed by atoms with Crippen molar-refractivity contribution in [3.05, 3.63) is 70.6 Å². The number of halogens is 2. The van der Waals surface area contributed by atoms with Crippen LogP contribution in [-0.2, 0) is 10.0 Å². The first kappa shape index (κ1) is 22.5. The molecule has 0 fully saturated rings. The van der Waals surface area contributed by atoms with Crippen molar-refractivity contribution in [3.8, 4) is 28.5 Å². The molecule has 0 saturated heterocycles. The first-order valence-electron chi connectivity index (χ1n) is 8.87. The lowest BCUT2D eigenvalue weighted by molar-refractivity contribution is 0.0981. The molecule has 0 spiro atoms. The lowest BCUT2D eigenvalue weighted by Crippen LogP contribution is -2.29. The van der Waals surface area contributed by atoms with Gasteiger partial charge >= 0.3 is 0 Å². The minimum absolute atomic E-state index is 0.108. The summed E-state index contributed by atoms with van der Waals surface area (Å²) in [7, 11) is -2.28. The number of hydrogen-bond donors (Lipinski definition) is 1. The van der Waals surface area contributed by atoms with Crippen molar-refractivity contribution in [1.29, 1.82) is 0 Å². The molecule has 1 amide bonds. The van der Waals surface area contributed by atoms with E-state index >= 15 is 0 Å². The van der Waals surface area contributed by atoms with Crippen LogP contribution in [0.15, 0.2) is 48.7 Å². The van der Waals surface area contributed by atoms with E-state index in [0.717, 1.165) is 6.26 Å². The number of rotatable bonds is 6. The predicted octanol–water partition coefficient (Wildman–Crippen LogP) is 4.34. The molecule has 0 atom stereocenters. The van der Waals surface area contributed by atoms with Gasteiger partial charge in [0.15, 0.2) is 0 Å². The number of benzene rings is 2. The Hall–Kier alpha value is -3.17. The lowest BCUT2D eigenvalue weighted by Gasteiger charge is -2.13. The molecule has 31 heavy (non-hydrogen) atoms. The van der Waals surface area contributed by atoms with E-state index in [1.807, 2.05) is 4.72 Å². The number of carbonyl (C=O) groups excluding carboxylic acids is 1. The van der Waals surface area contributed by atoms with Gasteiger partial charge in [-0.2, -0.15) is 0 Å². The number of aryl methyl sites for hydroxylation is 1. The second-order valence-corrected chi connectivity index (χ2v) is 8.80. The lowest BCUT2D eigenvalue weighted by atomic mass is 10.0. The van der Waals surface area contributed by atoms with E-state index in [0.29, 0.717) is 28.2 Å². The molecule has 0 bridgehead atoms. The Morgan fingerprint density at radius 2 is 1.87 bits per heavy atom. The quantitative estimate of drug-likeness (QED) is 0.583. The number of sulfonamides is 1. The van der Waals surface area contributed by atoms with Gasteiger partial charge in [-0.05, 0) is 55.0 Å². The Morgan fingerprint density at radius 1 is 1.13 bits per heavy atom. The van der Waals surface area contributed by atoms with Crippen LogP contribution in [0.3, 0.4) is 0 Å². The first-order valence-corrected chi connectivity index (χ1v) is 11.1.